The molecule has 1 atom stereocenters. The number of carbonyl (C=O) groups excluding carboxylic acids is 2. The second-order valence-corrected chi connectivity index (χ2v) is 4.31. The minimum Gasteiger partial charge on any atom is -0.465 e. The molecule has 1 rings (SSSR count). The fourth-order valence-electron chi connectivity index (χ4n) is 1.94. The molecule has 0 unspecified atom stereocenters. The quantitative estimate of drug-likeness (QED) is 0.443. The maximum Gasteiger partial charge on any atom is 0.319 e. The smallest absolute Gasteiger partial charge is 0.319 e. The third kappa shape index (κ3) is 2.00. The normalized spacial score (nSPS) is 26.6. The van der Waals surface area contributed by atoms with E-state index >= 15 is 0 Å². The van der Waals surface area contributed by atoms with E-state index in [-0.39, 0.29) is 11.8 Å². The Labute approximate surface area is 92.3 Å². The molecule has 0 amide bonds. The van der Waals surface area contributed by atoms with Crippen LogP contribution in [0.4, 0.5) is 0 Å². The number of Topliss-reactive ketones (excluding diaryl/α,β-unsaturated/α-hetero) is 1. The van der Waals surface area contributed by atoms with Gasteiger partial charge in [0.25, 0.3) is 0 Å². The topological polar surface area (TPSA) is 43.4 Å². The van der Waals surface area contributed by atoms with Crippen LogP contribution in [-0.2, 0) is 14.3 Å². The van der Waals surface area contributed by atoms with Gasteiger partial charge in [-0.25, -0.2) is 0 Å². The zero-order chi connectivity index (χ0) is 10.6. The van der Waals surface area contributed by atoms with E-state index in [0.29, 0.717) is 31.2 Å². The highest BCUT2D eigenvalue weighted by Gasteiger charge is 2.48. The molecule has 1 aliphatic rings. The number of carbonyl (C=O) groups is 2. The van der Waals surface area contributed by atoms with E-state index in [2.05, 4.69) is 15.9 Å². The van der Waals surface area contributed by atoms with Crippen LogP contribution in [-0.4, -0.2) is 23.7 Å². The molecule has 14 heavy (non-hydrogen) atoms. The van der Waals surface area contributed by atoms with Gasteiger partial charge in [-0.05, 0) is 26.2 Å². The number of halogens is 1. The summed E-state index contributed by atoms with van der Waals surface area (Å²) in [6, 6.07) is 0. The van der Waals surface area contributed by atoms with Crippen LogP contribution in [0.1, 0.15) is 32.6 Å². The molecule has 0 bridgehead atoms. The van der Waals surface area contributed by atoms with Crippen molar-refractivity contribution in [1.29, 1.82) is 0 Å². The number of esters is 1. The van der Waals surface area contributed by atoms with Crippen molar-refractivity contribution in [3.05, 3.63) is 0 Å². The molecule has 0 aromatic rings. The number of hydrogen-bond acceptors (Lipinski definition) is 3. The first-order chi connectivity index (χ1) is 6.67. The molecule has 1 saturated carbocycles. The fourth-order valence-corrected chi connectivity index (χ4v) is 2.62. The Bertz CT molecular complexity index is 240. The Balaban J connectivity index is 2.80. The number of ether oxygens (including phenoxy) is 1. The van der Waals surface area contributed by atoms with Crippen molar-refractivity contribution in [3.8, 4) is 0 Å². The van der Waals surface area contributed by atoms with E-state index in [1.54, 1.807) is 6.92 Å². The lowest BCUT2D eigenvalue weighted by Crippen LogP contribution is -2.37. The molecular formula is C10H15BrO3. The Hall–Kier alpha value is -0.380. The van der Waals surface area contributed by atoms with E-state index in [4.69, 9.17) is 4.74 Å². The van der Waals surface area contributed by atoms with Gasteiger partial charge in [0.05, 0.1) is 6.61 Å². The average molecular weight is 263 g/mol. The molecule has 0 aliphatic heterocycles. The van der Waals surface area contributed by atoms with Crippen LogP contribution in [0.5, 0.6) is 0 Å². The van der Waals surface area contributed by atoms with E-state index in [9.17, 15) is 9.59 Å². The third-order valence-electron chi connectivity index (χ3n) is 2.73. The summed E-state index contributed by atoms with van der Waals surface area (Å²) in [5, 5.41) is 0.664. The largest absolute Gasteiger partial charge is 0.465 e. The van der Waals surface area contributed by atoms with Crippen LogP contribution in [0.15, 0.2) is 0 Å². The predicted molar refractivity (Wildman–Crippen MR) is 56.3 cm³/mol. The molecule has 0 aromatic heterocycles. The van der Waals surface area contributed by atoms with E-state index in [1.165, 1.54) is 0 Å². The fraction of sp³-hybridized carbons (Fsp3) is 0.800. The highest BCUT2D eigenvalue weighted by molar-refractivity contribution is 9.09. The molecule has 0 radical (unpaired) electrons. The first-order valence-electron chi connectivity index (χ1n) is 4.94. The number of hydrogen-bond donors (Lipinski definition) is 0. The molecular weight excluding hydrogens is 248 g/mol. The Morgan fingerprint density at radius 1 is 1.64 bits per heavy atom. The summed E-state index contributed by atoms with van der Waals surface area (Å²) in [6.45, 7) is 2.11. The van der Waals surface area contributed by atoms with E-state index in [1.807, 2.05) is 0 Å². The summed E-state index contributed by atoms with van der Waals surface area (Å²) < 4.78 is 4.97. The maximum absolute atomic E-state index is 11.7. The highest BCUT2D eigenvalue weighted by Crippen LogP contribution is 2.39. The average Bonchev–Trinajstić information content (AvgIpc) is 2.50. The molecule has 0 saturated heterocycles. The van der Waals surface area contributed by atoms with Crippen LogP contribution in [0.2, 0.25) is 0 Å². The number of ketones is 1. The van der Waals surface area contributed by atoms with Gasteiger partial charge in [0.1, 0.15) is 11.2 Å². The van der Waals surface area contributed by atoms with Crippen molar-refractivity contribution < 1.29 is 14.3 Å². The summed E-state index contributed by atoms with van der Waals surface area (Å²) >= 11 is 3.28. The lowest BCUT2D eigenvalue weighted by molar-refractivity contribution is -0.158. The Morgan fingerprint density at radius 2 is 2.36 bits per heavy atom. The monoisotopic (exact) mass is 262 g/mol. The summed E-state index contributed by atoms with van der Waals surface area (Å²) in [4.78, 5) is 23.4. The predicted octanol–water partition coefficient (Wildman–Crippen LogP) is 2.07. The van der Waals surface area contributed by atoms with Gasteiger partial charge in [-0.15, -0.1) is 0 Å². The summed E-state index contributed by atoms with van der Waals surface area (Å²) in [5.74, 6) is -0.280. The van der Waals surface area contributed by atoms with Gasteiger partial charge in [0.2, 0.25) is 0 Å². The SMILES string of the molecule is CCOC(=O)[C@]1(CCBr)CCCC1=O. The van der Waals surface area contributed by atoms with Gasteiger partial charge >= 0.3 is 5.97 Å². The molecule has 3 nitrogen and oxygen atoms in total. The zero-order valence-electron chi connectivity index (χ0n) is 8.35. The van der Waals surface area contributed by atoms with Crippen LogP contribution in [0.25, 0.3) is 0 Å². The van der Waals surface area contributed by atoms with Gasteiger partial charge in [0.15, 0.2) is 0 Å². The Kier molecular flexibility index (Phi) is 4.11. The summed E-state index contributed by atoms with van der Waals surface area (Å²) in [6.07, 6.45) is 2.54. The van der Waals surface area contributed by atoms with E-state index in [0.717, 1.165) is 6.42 Å². The third-order valence-corrected chi connectivity index (χ3v) is 3.13. The Morgan fingerprint density at radius 3 is 2.79 bits per heavy atom. The van der Waals surface area contributed by atoms with Crippen LogP contribution < -0.4 is 0 Å². The molecule has 0 N–H and O–H groups in total. The minimum absolute atomic E-state index is 0.0513. The van der Waals surface area contributed by atoms with Gasteiger partial charge in [-0.2, -0.15) is 0 Å². The van der Waals surface area contributed by atoms with E-state index < -0.39 is 5.41 Å². The van der Waals surface area contributed by atoms with Crippen molar-refractivity contribution in [3.63, 3.8) is 0 Å². The van der Waals surface area contributed by atoms with Gasteiger partial charge in [-0.1, -0.05) is 15.9 Å². The number of alkyl halides is 1. The first kappa shape index (κ1) is 11.7. The van der Waals surface area contributed by atoms with Crippen LogP contribution in [0.3, 0.4) is 0 Å². The van der Waals surface area contributed by atoms with Gasteiger partial charge in [-0.3, -0.25) is 9.59 Å². The highest BCUT2D eigenvalue weighted by atomic mass is 79.9. The molecule has 1 aliphatic carbocycles. The molecule has 4 heteroatoms. The molecule has 0 aromatic carbocycles. The minimum atomic E-state index is -0.834. The first-order valence-corrected chi connectivity index (χ1v) is 6.06. The van der Waals surface area contributed by atoms with Crippen molar-refractivity contribution in [2.75, 3.05) is 11.9 Å². The van der Waals surface area contributed by atoms with Crippen LogP contribution >= 0.6 is 15.9 Å². The lowest BCUT2D eigenvalue weighted by atomic mass is 9.82. The number of rotatable bonds is 4. The second-order valence-electron chi connectivity index (χ2n) is 3.52. The van der Waals surface area contributed by atoms with Crippen molar-refractivity contribution in [2.24, 2.45) is 5.41 Å². The second kappa shape index (κ2) is 4.91. The zero-order valence-corrected chi connectivity index (χ0v) is 9.93. The summed E-state index contributed by atoms with van der Waals surface area (Å²) in [7, 11) is 0. The molecule has 1 fully saturated rings. The molecule has 80 valence electrons. The van der Waals surface area contributed by atoms with Crippen LogP contribution in [0, 0.1) is 5.41 Å². The molecule has 0 spiro atoms. The van der Waals surface area contributed by atoms with Crippen molar-refractivity contribution in [2.45, 2.75) is 32.6 Å². The molecule has 0 heterocycles. The van der Waals surface area contributed by atoms with Crippen molar-refractivity contribution >= 4 is 27.7 Å². The maximum atomic E-state index is 11.7. The lowest BCUT2D eigenvalue weighted by Gasteiger charge is -2.23. The summed E-state index contributed by atoms with van der Waals surface area (Å²) in [5.41, 5.74) is -0.834. The van der Waals surface area contributed by atoms with Gasteiger partial charge in [0, 0.05) is 11.8 Å². The van der Waals surface area contributed by atoms with Gasteiger partial charge < -0.3 is 4.74 Å². The van der Waals surface area contributed by atoms with Crippen molar-refractivity contribution in [1.82, 2.24) is 0 Å². The standard InChI is InChI=1S/C10H15BrO3/c1-2-14-9(13)10(6-7-11)5-3-4-8(10)12/h2-7H2,1H3/t10-/m0/s1.